The van der Waals surface area contributed by atoms with Crippen LogP contribution in [0.3, 0.4) is 0 Å². The average Bonchev–Trinajstić information content (AvgIpc) is 2.93. The molecular formula is C14H24N4. The normalized spacial score (nSPS) is 16.1. The molecule has 0 amide bonds. The topological polar surface area (TPSA) is 55.0 Å². The lowest BCUT2D eigenvalue weighted by molar-refractivity contribution is 0.586. The van der Waals surface area contributed by atoms with Crippen LogP contribution in [0.15, 0.2) is 12.4 Å². The molecule has 1 aromatic rings. The standard InChI is InChI=1S/C14H24N4/c1-2-12-10-14(17-11-16-12)18(9-5-8-15)13-6-3-4-7-13/h10-11,13H,2-9,15H2,1H3. The Morgan fingerprint density at radius 2 is 2.11 bits per heavy atom. The van der Waals surface area contributed by atoms with Crippen molar-refractivity contribution in [2.24, 2.45) is 5.73 Å². The van der Waals surface area contributed by atoms with Crippen LogP contribution in [0, 0.1) is 0 Å². The highest BCUT2D eigenvalue weighted by Gasteiger charge is 2.23. The van der Waals surface area contributed by atoms with Gasteiger partial charge >= 0.3 is 0 Å². The second-order valence-corrected chi connectivity index (χ2v) is 4.99. The van der Waals surface area contributed by atoms with Gasteiger partial charge < -0.3 is 10.6 Å². The molecule has 0 radical (unpaired) electrons. The van der Waals surface area contributed by atoms with E-state index in [4.69, 9.17) is 5.73 Å². The molecule has 0 aliphatic heterocycles. The fraction of sp³-hybridized carbons (Fsp3) is 0.714. The third kappa shape index (κ3) is 3.19. The van der Waals surface area contributed by atoms with Gasteiger partial charge in [-0.25, -0.2) is 9.97 Å². The molecule has 0 bridgehead atoms. The molecule has 0 aromatic carbocycles. The largest absolute Gasteiger partial charge is 0.353 e. The molecule has 4 nitrogen and oxygen atoms in total. The maximum absolute atomic E-state index is 5.65. The van der Waals surface area contributed by atoms with Crippen molar-refractivity contribution in [3.63, 3.8) is 0 Å². The van der Waals surface area contributed by atoms with Crippen molar-refractivity contribution in [3.05, 3.63) is 18.1 Å². The lowest BCUT2D eigenvalue weighted by Gasteiger charge is -2.30. The Bertz CT molecular complexity index is 361. The van der Waals surface area contributed by atoms with Crippen LogP contribution in [0.2, 0.25) is 0 Å². The summed E-state index contributed by atoms with van der Waals surface area (Å²) in [4.78, 5) is 11.2. The minimum atomic E-state index is 0.649. The van der Waals surface area contributed by atoms with E-state index in [-0.39, 0.29) is 0 Å². The van der Waals surface area contributed by atoms with Gasteiger partial charge in [0.2, 0.25) is 0 Å². The van der Waals surface area contributed by atoms with Crippen LogP contribution in [-0.4, -0.2) is 29.1 Å². The highest BCUT2D eigenvalue weighted by molar-refractivity contribution is 5.40. The van der Waals surface area contributed by atoms with Gasteiger partial charge in [-0.3, -0.25) is 0 Å². The summed E-state index contributed by atoms with van der Waals surface area (Å²) in [6.07, 6.45) is 8.95. The number of rotatable bonds is 6. The molecule has 1 aliphatic rings. The number of aromatic nitrogens is 2. The van der Waals surface area contributed by atoms with Crippen LogP contribution in [0.5, 0.6) is 0 Å². The molecule has 0 spiro atoms. The Balaban J connectivity index is 2.14. The van der Waals surface area contributed by atoms with Crippen LogP contribution < -0.4 is 10.6 Å². The zero-order valence-corrected chi connectivity index (χ0v) is 11.3. The summed E-state index contributed by atoms with van der Waals surface area (Å²) in [5.74, 6) is 1.09. The first-order chi connectivity index (χ1) is 8.85. The summed E-state index contributed by atoms with van der Waals surface area (Å²) in [6, 6.07) is 2.78. The molecule has 1 fully saturated rings. The Kier molecular flexibility index (Phi) is 4.93. The Hall–Kier alpha value is -1.16. The molecule has 2 N–H and O–H groups in total. The van der Waals surface area contributed by atoms with Crippen molar-refractivity contribution in [2.45, 2.75) is 51.5 Å². The van der Waals surface area contributed by atoms with E-state index in [1.54, 1.807) is 6.33 Å². The predicted octanol–water partition coefficient (Wildman–Crippen LogP) is 2.14. The van der Waals surface area contributed by atoms with Gasteiger partial charge in [0.1, 0.15) is 12.1 Å². The molecule has 1 heterocycles. The third-order valence-electron chi connectivity index (χ3n) is 3.73. The lowest BCUT2D eigenvalue weighted by Crippen LogP contribution is -2.35. The van der Waals surface area contributed by atoms with E-state index in [1.807, 2.05) is 0 Å². The van der Waals surface area contributed by atoms with Crippen LogP contribution in [0.1, 0.15) is 44.7 Å². The number of hydrogen-bond donors (Lipinski definition) is 1. The molecule has 1 aliphatic carbocycles. The van der Waals surface area contributed by atoms with Gasteiger partial charge in [0.25, 0.3) is 0 Å². The van der Waals surface area contributed by atoms with Crippen molar-refractivity contribution in [1.82, 2.24) is 9.97 Å². The van der Waals surface area contributed by atoms with E-state index in [0.717, 1.165) is 37.4 Å². The van der Waals surface area contributed by atoms with Gasteiger partial charge in [0, 0.05) is 24.3 Å². The molecule has 4 heteroatoms. The lowest BCUT2D eigenvalue weighted by atomic mass is 10.2. The zero-order valence-electron chi connectivity index (χ0n) is 11.3. The second-order valence-electron chi connectivity index (χ2n) is 4.99. The molecule has 18 heavy (non-hydrogen) atoms. The van der Waals surface area contributed by atoms with Gasteiger partial charge in [0.15, 0.2) is 0 Å². The fourth-order valence-electron chi connectivity index (χ4n) is 2.70. The third-order valence-corrected chi connectivity index (χ3v) is 3.73. The molecule has 0 atom stereocenters. The SMILES string of the molecule is CCc1cc(N(CCCN)C2CCCC2)ncn1. The predicted molar refractivity (Wildman–Crippen MR) is 74.7 cm³/mol. The van der Waals surface area contributed by atoms with E-state index >= 15 is 0 Å². The second kappa shape index (κ2) is 6.69. The summed E-state index contributed by atoms with van der Waals surface area (Å²) in [6.45, 7) is 3.89. The minimum Gasteiger partial charge on any atom is -0.353 e. The fourth-order valence-corrected chi connectivity index (χ4v) is 2.70. The van der Waals surface area contributed by atoms with Crippen molar-refractivity contribution in [1.29, 1.82) is 0 Å². The number of anilines is 1. The van der Waals surface area contributed by atoms with E-state index in [9.17, 15) is 0 Å². The summed E-state index contributed by atoms with van der Waals surface area (Å²) < 4.78 is 0. The highest BCUT2D eigenvalue weighted by atomic mass is 15.2. The highest BCUT2D eigenvalue weighted by Crippen LogP contribution is 2.27. The Morgan fingerprint density at radius 1 is 1.33 bits per heavy atom. The zero-order chi connectivity index (χ0) is 12.8. The van der Waals surface area contributed by atoms with Crippen molar-refractivity contribution < 1.29 is 0 Å². The summed E-state index contributed by atoms with van der Waals surface area (Å²) in [7, 11) is 0. The van der Waals surface area contributed by atoms with Gasteiger partial charge in [-0.2, -0.15) is 0 Å². The quantitative estimate of drug-likeness (QED) is 0.838. The van der Waals surface area contributed by atoms with E-state index in [0.29, 0.717) is 6.04 Å². The molecule has 1 aromatic heterocycles. The van der Waals surface area contributed by atoms with Gasteiger partial charge in [0.05, 0.1) is 0 Å². The van der Waals surface area contributed by atoms with Gasteiger partial charge in [-0.1, -0.05) is 19.8 Å². The van der Waals surface area contributed by atoms with E-state index in [1.165, 1.54) is 25.7 Å². The summed E-state index contributed by atoms with van der Waals surface area (Å²) in [5, 5.41) is 0. The molecule has 1 saturated carbocycles. The average molecular weight is 248 g/mol. The summed E-state index contributed by atoms with van der Waals surface area (Å²) in [5.41, 5.74) is 6.77. The molecule has 2 rings (SSSR count). The monoisotopic (exact) mass is 248 g/mol. The maximum Gasteiger partial charge on any atom is 0.132 e. The number of nitrogens with two attached hydrogens (primary N) is 1. The smallest absolute Gasteiger partial charge is 0.132 e. The Morgan fingerprint density at radius 3 is 2.78 bits per heavy atom. The molecule has 0 saturated heterocycles. The van der Waals surface area contributed by atoms with E-state index < -0.39 is 0 Å². The Labute approximate surface area is 110 Å². The first-order valence-corrected chi connectivity index (χ1v) is 7.12. The summed E-state index contributed by atoms with van der Waals surface area (Å²) >= 11 is 0. The van der Waals surface area contributed by atoms with Crippen LogP contribution in [0.25, 0.3) is 0 Å². The maximum atomic E-state index is 5.65. The first-order valence-electron chi connectivity index (χ1n) is 7.12. The molecule has 100 valence electrons. The molecular weight excluding hydrogens is 224 g/mol. The van der Waals surface area contributed by atoms with Crippen LogP contribution in [-0.2, 0) is 6.42 Å². The van der Waals surface area contributed by atoms with Gasteiger partial charge in [-0.15, -0.1) is 0 Å². The number of nitrogens with zero attached hydrogens (tertiary/aromatic N) is 3. The van der Waals surface area contributed by atoms with Crippen molar-refractivity contribution in [2.75, 3.05) is 18.0 Å². The van der Waals surface area contributed by atoms with E-state index in [2.05, 4.69) is 27.9 Å². The number of aryl methyl sites for hydroxylation is 1. The van der Waals surface area contributed by atoms with Crippen molar-refractivity contribution in [3.8, 4) is 0 Å². The first kappa shape index (κ1) is 13.3. The van der Waals surface area contributed by atoms with Crippen molar-refractivity contribution >= 4 is 5.82 Å². The van der Waals surface area contributed by atoms with Crippen LogP contribution in [0.4, 0.5) is 5.82 Å². The molecule has 0 unspecified atom stereocenters. The minimum absolute atomic E-state index is 0.649. The number of hydrogen-bond acceptors (Lipinski definition) is 4. The van der Waals surface area contributed by atoms with Gasteiger partial charge in [-0.05, 0) is 32.2 Å². The van der Waals surface area contributed by atoms with Crippen LogP contribution >= 0.6 is 0 Å².